The third-order valence-corrected chi connectivity index (χ3v) is 3.53. The first-order chi connectivity index (χ1) is 9.92. The molecule has 0 saturated heterocycles. The lowest BCUT2D eigenvalue weighted by Crippen LogP contribution is -2.03. The van der Waals surface area contributed by atoms with Gasteiger partial charge in [0, 0.05) is 0 Å². The second kappa shape index (κ2) is 6.38. The first kappa shape index (κ1) is 12.9. The Morgan fingerprint density at radius 1 is 0.950 bits per heavy atom. The maximum absolute atomic E-state index is 5.55. The van der Waals surface area contributed by atoms with Crippen LogP contribution in [-0.4, -0.2) is 5.71 Å². The fourth-order valence-corrected chi connectivity index (χ4v) is 2.19. The molecule has 0 atom stereocenters. The van der Waals surface area contributed by atoms with Crippen molar-refractivity contribution in [2.45, 2.75) is 25.9 Å². The van der Waals surface area contributed by atoms with E-state index >= 15 is 0 Å². The quantitative estimate of drug-likeness (QED) is 0.560. The van der Waals surface area contributed by atoms with Crippen LogP contribution in [0.3, 0.4) is 0 Å². The lowest BCUT2D eigenvalue weighted by molar-refractivity contribution is 0.130. The number of hydrogen-bond acceptors (Lipinski definition) is 2. The van der Waals surface area contributed by atoms with E-state index < -0.39 is 0 Å². The van der Waals surface area contributed by atoms with Crippen molar-refractivity contribution in [3.63, 3.8) is 0 Å². The maximum Gasteiger partial charge on any atom is 0.142 e. The summed E-state index contributed by atoms with van der Waals surface area (Å²) in [5.41, 5.74) is 3.39. The van der Waals surface area contributed by atoms with E-state index in [4.69, 9.17) is 4.84 Å². The molecule has 0 unspecified atom stereocenters. The predicted molar refractivity (Wildman–Crippen MR) is 81.6 cm³/mol. The Morgan fingerprint density at radius 2 is 1.60 bits per heavy atom. The van der Waals surface area contributed by atoms with Gasteiger partial charge in [-0.2, -0.15) is 0 Å². The monoisotopic (exact) mass is 265 g/mol. The zero-order chi connectivity index (χ0) is 13.6. The van der Waals surface area contributed by atoms with Gasteiger partial charge in [0.2, 0.25) is 0 Å². The minimum Gasteiger partial charge on any atom is -0.391 e. The molecule has 2 aromatic rings. The molecule has 2 nitrogen and oxygen atoms in total. The van der Waals surface area contributed by atoms with Gasteiger partial charge in [0.25, 0.3) is 0 Å². The summed E-state index contributed by atoms with van der Waals surface area (Å²) in [4.78, 5) is 5.55. The van der Waals surface area contributed by atoms with Crippen LogP contribution in [0.15, 0.2) is 65.8 Å². The molecule has 0 radical (unpaired) electrons. The first-order valence-electron chi connectivity index (χ1n) is 7.20. The van der Waals surface area contributed by atoms with Crippen LogP contribution in [-0.2, 0) is 11.4 Å². The highest BCUT2D eigenvalue weighted by Gasteiger charge is 2.24. The molecule has 1 aliphatic carbocycles. The Morgan fingerprint density at radius 3 is 2.25 bits per heavy atom. The molecule has 0 heterocycles. The largest absolute Gasteiger partial charge is 0.391 e. The number of oxime groups is 1. The van der Waals surface area contributed by atoms with E-state index in [9.17, 15) is 0 Å². The smallest absolute Gasteiger partial charge is 0.142 e. The molecule has 1 fully saturated rings. The summed E-state index contributed by atoms with van der Waals surface area (Å²) >= 11 is 0. The van der Waals surface area contributed by atoms with Crippen LogP contribution >= 0.6 is 0 Å². The molecule has 0 bridgehead atoms. The van der Waals surface area contributed by atoms with Crippen molar-refractivity contribution in [2.24, 2.45) is 11.1 Å². The Balaban J connectivity index is 1.67. The van der Waals surface area contributed by atoms with Crippen LogP contribution in [0.1, 0.15) is 30.4 Å². The van der Waals surface area contributed by atoms with Crippen LogP contribution in [0.25, 0.3) is 0 Å². The van der Waals surface area contributed by atoms with Crippen LogP contribution in [0.5, 0.6) is 0 Å². The molecule has 0 amide bonds. The van der Waals surface area contributed by atoms with Gasteiger partial charge in [-0.05, 0) is 36.3 Å². The van der Waals surface area contributed by atoms with Gasteiger partial charge in [0.05, 0.1) is 5.71 Å². The van der Waals surface area contributed by atoms with E-state index in [0.717, 1.165) is 23.6 Å². The zero-order valence-corrected chi connectivity index (χ0v) is 11.5. The molecule has 0 aliphatic heterocycles. The summed E-state index contributed by atoms with van der Waals surface area (Å²) < 4.78 is 0. The van der Waals surface area contributed by atoms with Crippen molar-refractivity contribution in [1.29, 1.82) is 0 Å². The summed E-state index contributed by atoms with van der Waals surface area (Å²) in [6.07, 6.45) is 3.67. The number of hydrogen-bond donors (Lipinski definition) is 0. The first-order valence-corrected chi connectivity index (χ1v) is 7.20. The van der Waals surface area contributed by atoms with Crippen molar-refractivity contribution in [1.82, 2.24) is 0 Å². The van der Waals surface area contributed by atoms with E-state index in [2.05, 4.69) is 41.6 Å². The molecule has 0 N–H and O–H groups in total. The van der Waals surface area contributed by atoms with Gasteiger partial charge in [-0.25, -0.2) is 0 Å². The number of benzene rings is 2. The summed E-state index contributed by atoms with van der Waals surface area (Å²) in [6.45, 7) is 0.530. The van der Waals surface area contributed by atoms with Crippen LogP contribution < -0.4 is 0 Å². The predicted octanol–water partition coefficient (Wildman–Crippen LogP) is 4.41. The normalized spacial score (nSPS) is 15.1. The Kier molecular flexibility index (Phi) is 4.12. The highest BCUT2D eigenvalue weighted by molar-refractivity contribution is 6.00. The van der Waals surface area contributed by atoms with Crippen molar-refractivity contribution in [2.75, 3.05) is 0 Å². The molecule has 1 aliphatic rings. The summed E-state index contributed by atoms with van der Waals surface area (Å²) in [5.74, 6) is 0.800. The number of rotatable bonds is 6. The maximum atomic E-state index is 5.55. The molecule has 2 aromatic carbocycles. The third kappa shape index (κ3) is 3.70. The minimum atomic E-state index is 0.530. The van der Waals surface area contributed by atoms with Gasteiger partial charge in [0.1, 0.15) is 6.61 Å². The Labute approximate surface area is 120 Å². The zero-order valence-electron chi connectivity index (χ0n) is 11.5. The molecule has 3 rings (SSSR count). The van der Waals surface area contributed by atoms with Crippen molar-refractivity contribution >= 4 is 5.71 Å². The van der Waals surface area contributed by atoms with E-state index in [1.807, 2.05) is 24.3 Å². The third-order valence-electron chi connectivity index (χ3n) is 3.53. The highest BCUT2D eigenvalue weighted by Crippen LogP contribution is 2.33. The average Bonchev–Trinajstić information content (AvgIpc) is 3.32. The summed E-state index contributed by atoms with van der Waals surface area (Å²) in [7, 11) is 0. The van der Waals surface area contributed by atoms with E-state index in [0.29, 0.717) is 6.61 Å². The molecule has 20 heavy (non-hydrogen) atoms. The van der Waals surface area contributed by atoms with Crippen LogP contribution in [0.2, 0.25) is 0 Å². The second-order valence-electron chi connectivity index (χ2n) is 5.31. The standard InChI is InChI=1S/C18H19NO/c1-3-7-16(8-4-1)14-20-19-18(13-15-11-12-15)17-9-5-2-6-10-17/h1-10,15H,11-14H2. The lowest BCUT2D eigenvalue weighted by atomic mass is 10.1. The molecular weight excluding hydrogens is 246 g/mol. The second-order valence-corrected chi connectivity index (χ2v) is 5.31. The van der Waals surface area contributed by atoms with Crippen molar-refractivity contribution in [3.05, 3.63) is 71.8 Å². The topological polar surface area (TPSA) is 21.6 Å². The molecule has 102 valence electrons. The van der Waals surface area contributed by atoms with Gasteiger partial charge < -0.3 is 4.84 Å². The average molecular weight is 265 g/mol. The fourth-order valence-electron chi connectivity index (χ4n) is 2.19. The van der Waals surface area contributed by atoms with E-state index in [1.54, 1.807) is 0 Å². The Hall–Kier alpha value is -2.09. The van der Waals surface area contributed by atoms with Gasteiger partial charge in [-0.1, -0.05) is 65.8 Å². The van der Waals surface area contributed by atoms with Crippen molar-refractivity contribution < 1.29 is 4.84 Å². The molecule has 2 heteroatoms. The summed E-state index contributed by atoms with van der Waals surface area (Å²) in [5, 5.41) is 4.39. The summed E-state index contributed by atoms with van der Waals surface area (Å²) in [6, 6.07) is 20.5. The van der Waals surface area contributed by atoms with Crippen LogP contribution in [0.4, 0.5) is 0 Å². The molecule has 0 aromatic heterocycles. The van der Waals surface area contributed by atoms with E-state index in [-0.39, 0.29) is 0 Å². The molecule has 0 spiro atoms. The lowest BCUT2D eigenvalue weighted by Gasteiger charge is -2.06. The minimum absolute atomic E-state index is 0.530. The van der Waals surface area contributed by atoms with E-state index in [1.165, 1.54) is 18.4 Å². The SMILES string of the molecule is c1ccc(CON=C(CC2CC2)c2ccccc2)cc1. The van der Waals surface area contributed by atoms with Gasteiger partial charge in [-0.3, -0.25) is 0 Å². The number of nitrogens with zero attached hydrogens (tertiary/aromatic N) is 1. The van der Waals surface area contributed by atoms with Gasteiger partial charge >= 0.3 is 0 Å². The van der Waals surface area contributed by atoms with Crippen molar-refractivity contribution in [3.8, 4) is 0 Å². The van der Waals surface area contributed by atoms with Gasteiger partial charge in [0.15, 0.2) is 0 Å². The van der Waals surface area contributed by atoms with Gasteiger partial charge in [-0.15, -0.1) is 0 Å². The fraction of sp³-hybridized carbons (Fsp3) is 0.278. The highest BCUT2D eigenvalue weighted by atomic mass is 16.6. The molecular formula is C18H19NO. The molecule has 1 saturated carbocycles. The van der Waals surface area contributed by atoms with Crippen LogP contribution in [0, 0.1) is 5.92 Å². The Bertz CT molecular complexity index is 558.